The van der Waals surface area contributed by atoms with E-state index >= 15 is 0 Å². The quantitative estimate of drug-likeness (QED) is 0.287. The predicted molar refractivity (Wildman–Crippen MR) is 96.0 cm³/mol. The van der Waals surface area contributed by atoms with E-state index in [-0.39, 0.29) is 21.6 Å². The average molecular weight is 387 g/mol. The molecule has 0 spiro atoms. The first kappa shape index (κ1) is 18.4. The zero-order chi connectivity index (χ0) is 19.6. The lowest BCUT2D eigenvalue weighted by molar-refractivity contribution is -0.384. The number of nitro benzene ring substituents is 1. The van der Waals surface area contributed by atoms with Gasteiger partial charge in [0, 0.05) is 30.7 Å². The number of aryl methyl sites for hydroxylation is 2. The summed E-state index contributed by atoms with van der Waals surface area (Å²) >= 11 is 0.799. The lowest BCUT2D eigenvalue weighted by Crippen LogP contribution is -1.96. The molecular formula is C17H13N3O6S. The van der Waals surface area contributed by atoms with E-state index < -0.39 is 10.9 Å². The Morgan fingerprint density at radius 2 is 2.00 bits per heavy atom. The van der Waals surface area contributed by atoms with Crippen molar-refractivity contribution in [2.75, 3.05) is 0 Å². The molecule has 2 aromatic heterocycles. The topological polar surface area (TPSA) is 132 Å². The lowest BCUT2D eigenvalue weighted by atomic mass is 10.1. The predicted octanol–water partition coefficient (Wildman–Crippen LogP) is 4.07. The summed E-state index contributed by atoms with van der Waals surface area (Å²) in [6, 6.07) is 7.65. The molecule has 0 bridgehead atoms. The van der Waals surface area contributed by atoms with Gasteiger partial charge in [-0.3, -0.25) is 10.1 Å². The Labute approximate surface area is 156 Å². The molecule has 3 rings (SSSR count). The number of aromatic nitrogens is 2. The van der Waals surface area contributed by atoms with E-state index in [0.717, 1.165) is 17.3 Å². The van der Waals surface area contributed by atoms with Crippen LogP contribution in [0.3, 0.4) is 0 Å². The van der Waals surface area contributed by atoms with Gasteiger partial charge >= 0.3 is 5.97 Å². The van der Waals surface area contributed by atoms with Crippen molar-refractivity contribution in [1.29, 1.82) is 0 Å². The number of furan rings is 1. The molecule has 0 amide bonds. The molecule has 0 saturated carbocycles. The van der Waals surface area contributed by atoms with Crippen LogP contribution in [-0.4, -0.2) is 26.2 Å². The normalized spacial score (nSPS) is 11.6. The van der Waals surface area contributed by atoms with Gasteiger partial charge < -0.3 is 13.9 Å². The van der Waals surface area contributed by atoms with Gasteiger partial charge in [0.25, 0.3) is 10.9 Å². The first-order valence-electron chi connectivity index (χ1n) is 7.61. The number of non-ortho nitro benzene ring substituents is 1. The molecule has 1 N–H and O–H groups in total. The average Bonchev–Trinajstić information content (AvgIpc) is 3.23. The number of nitro groups is 1. The monoisotopic (exact) mass is 387 g/mol. The van der Waals surface area contributed by atoms with Crippen LogP contribution >= 0.6 is 11.8 Å². The van der Waals surface area contributed by atoms with Gasteiger partial charge in [-0.05, 0) is 36.4 Å². The summed E-state index contributed by atoms with van der Waals surface area (Å²) in [6.07, 6.45) is 1.32. The fourth-order valence-electron chi connectivity index (χ4n) is 2.24. The highest BCUT2D eigenvalue weighted by atomic mass is 32.2. The lowest BCUT2D eigenvalue weighted by Gasteiger charge is -2.02. The number of carbonyl (C=O) groups is 1. The van der Waals surface area contributed by atoms with Crippen molar-refractivity contribution in [2.45, 2.75) is 19.1 Å². The number of benzene rings is 1. The standard InChI is InChI=1S/C17H13N3O6S/c1-9-3-4-11(20(23)24)7-13(9)14-6-5-12(26-14)8-15(16(21)22)27-17-19-18-10(2)25-17/h3-8H,1-2H3,(H,21,22)/b15-8-. The SMILES string of the molecule is Cc1nnc(S/C(=C\c2ccc(-c3cc([N+](=O)[O-])ccc3C)o2)C(=O)O)o1. The molecule has 10 heteroatoms. The van der Waals surface area contributed by atoms with Crippen molar-refractivity contribution in [3.63, 3.8) is 0 Å². The number of carboxylic acid groups (broad SMARTS) is 1. The third kappa shape index (κ3) is 4.23. The molecule has 1 aromatic carbocycles. The Morgan fingerprint density at radius 1 is 1.22 bits per heavy atom. The zero-order valence-corrected chi connectivity index (χ0v) is 15.0. The van der Waals surface area contributed by atoms with Gasteiger partial charge in [0.1, 0.15) is 16.4 Å². The number of hydrogen-bond donors (Lipinski definition) is 1. The Balaban J connectivity index is 1.92. The maximum atomic E-state index is 11.5. The van der Waals surface area contributed by atoms with Gasteiger partial charge in [0.05, 0.1) is 4.92 Å². The van der Waals surface area contributed by atoms with Crippen LogP contribution in [0.5, 0.6) is 0 Å². The van der Waals surface area contributed by atoms with Crippen LogP contribution in [0, 0.1) is 24.0 Å². The summed E-state index contributed by atoms with van der Waals surface area (Å²) in [7, 11) is 0. The minimum absolute atomic E-state index is 0.0577. The highest BCUT2D eigenvalue weighted by molar-refractivity contribution is 8.03. The second kappa shape index (κ2) is 7.46. The maximum Gasteiger partial charge on any atom is 0.342 e. The van der Waals surface area contributed by atoms with Gasteiger partial charge in [0.2, 0.25) is 5.89 Å². The second-order valence-electron chi connectivity index (χ2n) is 5.46. The van der Waals surface area contributed by atoms with Gasteiger partial charge in [-0.2, -0.15) is 0 Å². The Bertz CT molecular complexity index is 1050. The van der Waals surface area contributed by atoms with Gasteiger partial charge in [0.15, 0.2) is 0 Å². The summed E-state index contributed by atoms with van der Waals surface area (Å²) in [4.78, 5) is 21.9. The smallest absolute Gasteiger partial charge is 0.342 e. The number of thioether (sulfide) groups is 1. The molecule has 3 aromatic rings. The third-order valence-electron chi connectivity index (χ3n) is 3.51. The van der Waals surface area contributed by atoms with E-state index in [1.54, 1.807) is 32.0 Å². The minimum Gasteiger partial charge on any atom is -0.477 e. The summed E-state index contributed by atoms with van der Waals surface area (Å²) in [6.45, 7) is 3.40. The van der Waals surface area contributed by atoms with E-state index in [1.807, 2.05) is 0 Å². The van der Waals surface area contributed by atoms with Crippen LogP contribution in [-0.2, 0) is 4.79 Å². The minimum atomic E-state index is -1.18. The van der Waals surface area contributed by atoms with E-state index in [1.165, 1.54) is 18.2 Å². The molecule has 0 aliphatic heterocycles. The van der Waals surface area contributed by atoms with E-state index in [0.29, 0.717) is 17.2 Å². The van der Waals surface area contributed by atoms with Crippen molar-refractivity contribution in [3.8, 4) is 11.3 Å². The maximum absolute atomic E-state index is 11.5. The highest BCUT2D eigenvalue weighted by Gasteiger charge is 2.17. The molecule has 9 nitrogen and oxygen atoms in total. The van der Waals surface area contributed by atoms with Crippen molar-refractivity contribution in [1.82, 2.24) is 10.2 Å². The first-order chi connectivity index (χ1) is 12.8. The van der Waals surface area contributed by atoms with Crippen molar-refractivity contribution in [2.24, 2.45) is 0 Å². The van der Waals surface area contributed by atoms with Crippen LogP contribution in [0.4, 0.5) is 5.69 Å². The molecule has 0 aliphatic carbocycles. The molecular weight excluding hydrogens is 374 g/mol. The molecule has 0 saturated heterocycles. The van der Waals surface area contributed by atoms with E-state index in [9.17, 15) is 20.0 Å². The molecule has 0 aliphatic rings. The third-order valence-corrected chi connectivity index (χ3v) is 4.37. The molecule has 2 heterocycles. The number of nitrogens with zero attached hydrogens (tertiary/aromatic N) is 3. The fraction of sp³-hybridized carbons (Fsp3) is 0.118. The Kier molecular flexibility index (Phi) is 5.08. The number of carboxylic acids is 1. The summed E-state index contributed by atoms with van der Waals surface area (Å²) in [5, 5.41) is 27.8. The van der Waals surface area contributed by atoms with E-state index in [4.69, 9.17) is 8.83 Å². The highest BCUT2D eigenvalue weighted by Crippen LogP contribution is 2.32. The van der Waals surface area contributed by atoms with Crippen molar-refractivity contribution in [3.05, 3.63) is 62.6 Å². The molecule has 138 valence electrons. The molecule has 0 radical (unpaired) electrons. The molecule has 0 atom stereocenters. The second-order valence-corrected chi connectivity index (χ2v) is 6.45. The Morgan fingerprint density at radius 3 is 2.63 bits per heavy atom. The van der Waals surface area contributed by atoms with Crippen LogP contribution in [0.1, 0.15) is 17.2 Å². The van der Waals surface area contributed by atoms with Crippen LogP contribution < -0.4 is 0 Å². The summed E-state index contributed by atoms with van der Waals surface area (Å²) in [5.74, 6) is -0.188. The van der Waals surface area contributed by atoms with Crippen molar-refractivity contribution >= 4 is 29.5 Å². The zero-order valence-electron chi connectivity index (χ0n) is 14.2. The van der Waals surface area contributed by atoms with Crippen LogP contribution in [0.25, 0.3) is 17.4 Å². The van der Waals surface area contributed by atoms with Gasteiger partial charge in [-0.25, -0.2) is 4.79 Å². The summed E-state index contributed by atoms with van der Waals surface area (Å²) in [5.41, 5.74) is 1.29. The largest absolute Gasteiger partial charge is 0.477 e. The van der Waals surface area contributed by atoms with Crippen molar-refractivity contribution < 1.29 is 23.7 Å². The van der Waals surface area contributed by atoms with Crippen LogP contribution in [0.15, 0.2) is 49.3 Å². The number of hydrogen-bond acceptors (Lipinski definition) is 8. The molecule has 27 heavy (non-hydrogen) atoms. The van der Waals surface area contributed by atoms with Crippen LogP contribution in [0.2, 0.25) is 0 Å². The Hall–Kier alpha value is -3.40. The number of aliphatic carboxylic acids is 1. The van der Waals surface area contributed by atoms with Gasteiger partial charge in [-0.1, -0.05) is 6.07 Å². The molecule has 0 unspecified atom stereocenters. The number of rotatable bonds is 6. The van der Waals surface area contributed by atoms with Gasteiger partial charge in [-0.15, -0.1) is 10.2 Å². The first-order valence-corrected chi connectivity index (χ1v) is 8.43. The van der Waals surface area contributed by atoms with E-state index in [2.05, 4.69) is 10.2 Å². The summed E-state index contributed by atoms with van der Waals surface area (Å²) < 4.78 is 10.8. The molecule has 0 fully saturated rings. The fourth-order valence-corrected chi connectivity index (χ4v) is 2.94.